The van der Waals surface area contributed by atoms with Gasteiger partial charge in [-0.25, -0.2) is 4.98 Å². The molecule has 1 aromatic carbocycles. The summed E-state index contributed by atoms with van der Waals surface area (Å²) in [7, 11) is 1.60. The highest BCUT2D eigenvalue weighted by atomic mass is 79.9. The first-order valence-corrected chi connectivity index (χ1v) is 8.59. The van der Waals surface area contributed by atoms with Gasteiger partial charge < -0.3 is 11.1 Å². The van der Waals surface area contributed by atoms with Crippen LogP contribution in [0.2, 0.25) is 0 Å². The second-order valence-corrected chi connectivity index (χ2v) is 6.70. The molecule has 0 saturated heterocycles. The summed E-state index contributed by atoms with van der Waals surface area (Å²) in [5, 5.41) is 5.56. The number of thiophene rings is 1. The van der Waals surface area contributed by atoms with E-state index in [1.807, 2.05) is 24.3 Å². The molecule has 0 aliphatic heterocycles. The molecule has 116 valence electrons. The summed E-state index contributed by atoms with van der Waals surface area (Å²) in [5.41, 5.74) is 9.12. The molecule has 3 N–H and O–H groups in total. The SMILES string of the molecule is CNC(=O)C=Cc1cnc(N)c2c(-c3ccc(Br)cc3)csc12. The van der Waals surface area contributed by atoms with Crippen molar-refractivity contribution in [3.63, 3.8) is 0 Å². The van der Waals surface area contributed by atoms with Crippen molar-refractivity contribution in [1.82, 2.24) is 10.3 Å². The number of aromatic nitrogens is 1. The highest BCUT2D eigenvalue weighted by molar-refractivity contribution is 9.10. The molecule has 2 aromatic heterocycles. The number of nitrogens with two attached hydrogens (primary N) is 1. The third-order valence-electron chi connectivity index (χ3n) is 3.47. The summed E-state index contributed by atoms with van der Waals surface area (Å²) < 4.78 is 2.05. The van der Waals surface area contributed by atoms with Gasteiger partial charge in [0.2, 0.25) is 5.91 Å². The summed E-state index contributed by atoms with van der Waals surface area (Å²) in [4.78, 5) is 15.7. The van der Waals surface area contributed by atoms with Gasteiger partial charge in [0.25, 0.3) is 0 Å². The van der Waals surface area contributed by atoms with E-state index < -0.39 is 0 Å². The number of rotatable bonds is 3. The van der Waals surface area contributed by atoms with E-state index in [0.717, 1.165) is 31.2 Å². The molecule has 2 heterocycles. The maximum Gasteiger partial charge on any atom is 0.243 e. The summed E-state index contributed by atoms with van der Waals surface area (Å²) in [6, 6.07) is 8.08. The van der Waals surface area contributed by atoms with Gasteiger partial charge in [0, 0.05) is 45.0 Å². The Balaban J connectivity index is 2.14. The highest BCUT2D eigenvalue weighted by Crippen LogP contribution is 2.39. The van der Waals surface area contributed by atoms with Crippen molar-refractivity contribution >= 4 is 55.2 Å². The topological polar surface area (TPSA) is 68.0 Å². The first kappa shape index (κ1) is 15.7. The summed E-state index contributed by atoms with van der Waals surface area (Å²) in [6.45, 7) is 0. The number of amides is 1. The molecule has 0 saturated carbocycles. The van der Waals surface area contributed by atoms with E-state index in [9.17, 15) is 4.79 Å². The summed E-state index contributed by atoms with van der Waals surface area (Å²) in [6.07, 6.45) is 4.94. The molecule has 3 rings (SSSR count). The molecule has 6 heteroatoms. The number of anilines is 1. The molecule has 0 bridgehead atoms. The van der Waals surface area contributed by atoms with Crippen LogP contribution < -0.4 is 11.1 Å². The standard InChI is InChI=1S/C17H14BrN3OS/c1-20-14(22)7-4-11-8-21-17(19)15-13(9-23-16(11)15)10-2-5-12(18)6-3-10/h2-9H,1H3,(H2,19,21)(H,20,22). The monoisotopic (exact) mass is 387 g/mol. The molecular weight excluding hydrogens is 374 g/mol. The fraction of sp³-hybridized carbons (Fsp3) is 0.0588. The zero-order valence-electron chi connectivity index (χ0n) is 12.3. The number of nitrogens with one attached hydrogen (secondary N) is 1. The summed E-state index contributed by atoms with van der Waals surface area (Å²) in [5.74, 6) is 0.343. The van der Waals surface area contributed by atoms with Gasteiger partial charge >= 0.3 is 0 Å². The van der Waals surface area contributed by atoms with Crippen LogP contribution in [-0.4, -0.2) is 17.9 Å². The van der Waals surface area contributed by atoms with E-state index in [0.29, 0.717) is 5.82 Å². The Morgan fingerprint density at radius 2 is 2.09 bits per heavy atom. The van der Waals surface area contributed by atoms with Crippen LogP contribution >= 0.6 is 27.3 Å². The number of nitrogen functional groups attached to an aromatic ring is 1. The second kappa shape index (κ2) is 6.52. The lowest BCUT2D eigenvalue weighted by atomic mass is 10.0. The Hall–Kier alpha value is -2.18. The van der Waals surface area contributed by atoms with Crippen LogP contribution in [0.25, 0.3) is 27.3 Å². The predicted octanol–water partition coefficient (Wildman–Crippen LogP) is 4.07. The Labute approximate surface area is 146 Å². The molecule has 1 amide bonds. The largest absolute Gasteiger partial charge is 0.383 e. The van der Waals surface area contributed by atoms with Crippen molar-refractivity contribution < 1.29 is 4.79 Å². The second-order valence-electron chi connectivity index (χ2n) is 4.91. The van der Waals surface area contributed by atoms with E-state index in [-0.39, 0.29) is 5.91 Å². The van der Waals surface area contributed by atoms with Gasteiger partial charge in [0.15, 0.2) is 0 Å². The van der Waals surface area contributed by atoms with Crippen LogP contribution in [0.1, 0.15) is 5.56 Å². The minimum atomic E-state index is -0.153. The van der Waals surface area contributed by atoms with Gasteiger partial charge in [-0.2, -0.15) is 0 Å². The molecule has 0 fully saturated rings. The van der Waals surface area contributed by atoms with Crippen molar-refractivity contribution in [3.05, 3.63) is 52.0 Å². The average molecular weight is 388 g/mol. The quantitative estimate of drug-likeness (QED) is 0.665. The zero-order chi connectivity index (χ0) is 16.4. The van der Waals surface area contributed by atoms with Crippen LogP contribution in [0.5, 0.6) is 0 Å². The fourth-order valence-electron chi connectivity index (χ4n) is 2.30. The molecule has 3 aromatic rings. The number of hydrogen-bond acceptors (Lipinski definition) is 4. The lowest BCUT2D eigenvalue weighted by Crippen LogP contribution is -2.13. The van der Waals surface area contributed by atoms with Crippen molar-refractivity contribution in [1.29, 1.82) is 0 Å². The molecule has 0 aliphatic rings. The molecule has 0 radical (unpaired) electrons. The Bertz CT molecular complexity index is 900. The molecule has 0 unspecified atom stereocenters. The Morgan fingerprint density at radius 1 is 1.35 bits per heavy atom. The lowest BCUT2D eigenvalue weighted by Gasteiger charge is -2.04. The third kappa shape index (κ3) is 3.13. The third-order valence-corrected chi connectivity index (χ3v) is 5.03. The first-order valence-electron chi connectivity index (χ1n) is 6.91. The number of pyridine rings is 1. The van der Waals surface area contributed by atoms with E-state index in [2.05, 4.69) is 31.6 Å². The normalized spacial score (nSPS) is 11.2. The van der Waals surface area contributed by atoms with Crippen molar-refractivity contribution in [3.8, 4) is 11.1 Å². The Kier molecular flexibility index (Phi) is 4.45. The van der Waals surface area contributed by atoms with E-state index in [1.54, 1.807) is 30.7 Å². The van der Waals surface area contributed by atoms with E-state index in [4.69, 9.17) is 5.73 Å². The summed E-state index contributed by atoms with van der Waals surface area (Å²) >= 11 is 5.04. The van der Waals surface area contributed by atoms with Gasteiger partial charge in [-0.1, -0.05) is 28.1 Å². The number of fused-ring (bicyclic) bond motifs is 1. The molecule has 4 nitrogen and oxygen atoms in total. The fourth-order valence-corrected chi connectivity index (χ4v) is 3.64. The molecule has 0 spiro atoms. The molecule has 0 atom stereocenters. The minimum absolute atomic E-state index is 0.153. The van der Waals surface area contributed by atoms with Crippen molar-refractivity contribution in [2.75, 3.05) is 12.8 Å². The van der Waals surface area contributed by atoms with Crippen molar-refractivity contribution in [2.45, 2.75) is 0 Å². The van der Waals surface area contributed by atoms with Gasteiger partial charge in [0.1, 0.15) is 5.82 Å². The van der Waals surface area contributed by atoms with E-state index >= 15 is 0 Å². The Morgan fingerprint density at radius 3 is 2.78 bits per heavy atom. The smallest absolute Gasteiger partial charge is 0.243 e. The predicted molar refractivity (Wildman–Crippen MR) is 100 cm³/mol. The highest BCUT2D eigenvalue weighted by Gasteiger charge is 2.13. The number of carbonyl (C=O) groups excluding carboxylic acids is 1. The maximum atomic E-state index is 11.4. The number of benzene rings is 1. The molecule has 23 heavy (non-hydrogen) atoms. The van der Waals surface area contributed by atoms with Gasteiger partial charge in [-0.05, 0) is 29.2 Å². The average Bonchev–Trinajstić information content (AvgIpc) is 3.00. The zero-order valence-corrected chi connectivity index (χ0v) is 14.7. The number of carbonyl (C=O) groups is 1. The number of nitrogens with zero attached hydrogens (tertiary/aromatic N) is 1. The molecule has 0 aliphatic carbocycles. The van der Waals surface area contributed by atoms with Gasteiger partial charge in [-0.15, -0.1) is 11.3 Å². The van der Waals surface area contributed by atoms with E-state index in [1.165, 1.54) is 6.08 Å². The number of halogens is 1. The van der Waals surface area contributed by atoms with Gasteiger partial charge in [0.05, 0.1) is 0 Å². The van der Waals surface area contributed by atoms with Crippen LogP contribution in [-0.2, 0) is 4.79 Å². The lowest BCUT2D eigenvalue weighted by molar-refractivity contribution is -0.115. The van der Waals surface area contributed by atoms with Crippen LogP contribution in [0, 0.1) is 0 Å². The number of hydrogen-bond donors (Lipinski definition) is 2. The van der Waals surface area contributed by atoms with Gasteiger partial charge in [-0.3, -0.25) is 4.79 Å². The minimum Gasteiger partial charge on any atom is -0.383 e. The maximum absolute atomic E-state index is 11.4. The van der Waals surface area contributed by atoms with Crippen molar-refractivity contribution in [2.24, 2.45) is 0 Å². The van der Waals surface area contributed by atoms with Crippen LogP contribution in [0.15, 0.2) is 46.4 Å². The van der Waals surface area contributed by atoms with Crippen LogP contribution in [0.4, 0.5) is 5.82 Å². The number of likely N-dealkylation sites (N-methyl/N-ethyl adjacent to an activating group) is 1. The first-order chi connectivity index (χ1) is 11.1. The molecular formula is C17H14BrN3OS. The van der Waals surface area contributed by atoms with Crippen LogP contribution in [0.3, 0.4) is 0 Å².